The maximum Gasteiger partial charge on any atom is 0.224 e. The highest BCUT2D eigenvalue weighted by Gasteiger charge is 2.06. The van der Waals surface area contributed by atoms with Crippen LogP contribution in [0.2, 0.25) is 0 Å². The van der Waals surface area contributed by atoms with Crippen molar-refractivity contribution in [2.45, 2.75) is 19.8 Å². The zero-order valence-corrected chi connectivity index (χ0v) is 14.8. The van der Waals surface area contributed by atoms with Crippen molar-refractivity contribution in [1.29, 1.82) is 0 Å². The lowest BCUT2D eigenvalue weighted by molar-refractivity contribution is -0.120. The second kappa shape index (κ2) is 8.43. The molecule has 130 valence electrons. The first-order valence-corrected chi connectivity index (χ1v) is 9.05. The summed E-state index contributed by atoms with van der Waals surface area (Å²) in [6.45, 7) is 3.15. The quantitative estimate of drug-likeness (QED) is 0.674. The lowest BCUT2D eigenvalue weighted by Crippen LogP contribution is -2.27. The van der Waals surface area contributed by atoms with Gasteiger partial charge in [-0.3, -0.25) is 4.79 Å². The predicted octanol–water partition coefficient (Wildman–Crippen LogP) is 2.63. The monoisotopic (exact) mass is 356 g/mol. The Bertz CT molecular complexity index is 797. The highest BCUT2D eigenvalue weighted by molar-refractivity contribution is 7.12. The smallest absolute Gasteiger partial charge is 0.224 e. The summed E-state index contributed by atoms with van der Waals surface area (Å²) in [5.74, 6) is 0.829. The van der Waals surface area contributed by atoms with Crippen molar-refractivity contribution in [2.24, 2.45) is 0 Å². The van der Waals surface area contributed by atoms with Gasteiger partial charge in [0.25, 0.3) is 0 Å². The van der Waals surface area contributed by atoms with Crippen LogP contribution in [0, 0.1) is 0 Å². The van der Waals surface area contributed by atoms with E-state index in [1.54, 1.807) is 10.9 Å². The zero-order valence-electron chi connectivity index (χ0n) is 14.0. The Morgan fingerprint density at radius 2 is 2.16 bits per heavy atom. The van der Waals surface area contributed by atoms with E-state index in [1.807, 2.05) is 48.8 Å². The van der Waals surface area contributed by atoms with Gasteiger partial charge < -0.3 is 10.1 Å². The van der Waals surface area contributed by atoms with Crippen molar-refractivity contribution in [1.82, 2.24) is 20.1 Å². The Kier molecular flexibility index (Phi) is 5.79. The second-order valence-electron chi connectivity index (χ2n) is 5.43. The highest BCUT2D eigenvalue weighted by Crippen LogP contribution is 2.14. The number of hydrogen-bond acceptors (Lipinski definition) is 5. The number of aromatic nitrogens is 3. The molecule has 0 aliphatic heterocycles. The third kappa shape index (κ3) is 4.90. The van der Waals surface area contributed by atoms with Gasteiger partial charge in [0, 0.05) is 30.7 Å². The van der Waals surface area contributed by atoms with Gasteiger partial charge in [0.15, 0.2) is 0 Å². The van der Waals surface area contributed by atoms with E-state index in [-0.39, 0.29) is 5.91 Å². The van der Waals surface area contributed by atoms with Crippen LogP contribution in [0.1, 0.15) is 18.2 Å². The molecule has 25 heavy (non-hydrogen) atoms. The number of carbonyl (C=O) groups excluding carboxylic acids is 1. The van der Waals surface area contributed by atoms with Crippen molar-refractivity contribution >= 4 is 17.2 Å². The molecule has 7 heteroatoms. The fourth-order valence-corrected chi connectivity index (χ4v) is 3.14. The molecule has 0 bridgehead atoms. The molecule has 0 saturated heterocycles. The van der Waals surface area contributed by atoms with Gasteiger partial charge in [-0.25, -0.2) is 9.67 Å². The van der Waals surface area contributed by atoms with Crippen molar-refractivity contribution in [3.05, 3.63) is 59.4 Å². The maximum atomic E-state index is 12.0. The zero-order chi connectivity index (χ0) is 17.5. The first-order chi connectivity index (χ1) is 12.2. The fraction of sp³-hybridized carbons (Fsp3) is 0.278. The summed E-state index contributed by atoms with van der Waals surface area (Å²) in [6, 6.07) is 9.47. The van der Waals surface area contributed by atoms with Crippen LogP contribution in [0.3, 0.4) is 0 Å². The maximum absolute atomic E-state index is 12.0. The summed E-state index contributed by atoms with van der Waals surface area (Å²) in [6.07, 6.45) is 4.65. The number of hydrogen-bond donors (Lipinski definition) is 1. The molecule has 0 atom stereocenters. The summed E-state index contributed by atoms with van der Waals surface area (Å²) in [5.41, 5.74) is 1.92. The number of carbonyl (C=O) groups is 1. The molecule has 0 aliphatic carbocycles. The fourth-order valence-electron chi connectivity index (χ4n) is 2.35. The molecule has 2 aromatic heterocycles. The van der Waals surface area contributed by atoms with Crippen molar-refractivity contribution in [2.75, 3.05) is 13.2 Å². The van der Waals surface area contributed by atoms with Crippen LogP contribution in [0.4, 0.5) is 0 Å². The van der Waals surface area contributed by atoms with Crippen LogP contribution < -0.4 is 10.1 Å². The van der Waals surface area contributed by atoms with Gasteiger partial charge in [0.05, 0.1) is 18.7 Å². The molecule has 1 amide bonds. The van der Waals surface area contributed by atoms with Crippen molar-refractivity contribution < 1.29 is 9.53 Å². The van der Waals surface area contributed by atoms with Crippen molar-refractivity contribution in [3.63, 3.8) is 0 Å². The van der Waals surface area contributed by atoms with E-state index in [1.165, 1.54) is 11.3 Å². The van der Waals surface area contributed by atoms with Gasteiger partial charge in [-0.05, 0) is 30.7 Å². The minimum absolute atomic E-state index is 0.00619. The molecule has 2 heterocycles. The normalized spacial score (nSPS) is 10.6. The molecular weight excluding hydrogens is 336 g/mol. The van der Waals surface area contributed by atoms with Crippen LogP contribution in [0.25, 0.3) is 5.13 Å². The van der Waals surface area contributed by atoms with Crippen molar-refractivity contribution in [3.8, 4) is 10.9 Å². The number of ether oxygens (including phenoxy) is 1. The number of amides is 1. The molecule has 3 aromatic rings. The Morgan fingerprint density at radius 1 is 1.32 bits per heavy atom. The second-order valence-corrected chi connectivity index (χ2v) is 6.26. The van der Waals surface area contributed by atoms with Gasteiger partial charge in [0.1, 0.15) is 5.75 Å². The molecular formula is C18H20N4O2S. The SMILES string of the molecule is CCOc1ccc(CC(=O)NCCc2csc(-n3cccn3)n2)cc1. The molecule has 0 aliphatic rings. The summed E-state index contributed by atoms with van der Waals surface area (Å²) in [5, 5.41) is 9.92. The molecule has 0 fully saturated rings. The van der Waals surface area contributed by atoms with Crippen LogP contribution in [-0.2, 0) is 17.6 Å². The van der Waals surface area contributed by atoms with Gasteiger partial charge in [-0.15, -0.1) is 11.3 Å². The van der Waals surface area contributed by atoms with E-state index < -0.39 is 0 Å². The van der Waals surface area contributed by atoms with E-state index in [0.717, 1.165) is 22.1 Å². The van der Waals surface area contributed by atoms with E-state index in [9.17, 15) is 4.79 Å². The standard InChI is InChI=1S/C18H20N4O2S/c1-2-24-16-6-4-14(5-7-16)12-17(23)19-10-8-15-13-25-18(21-15)22-11-3-9-20-22/h3-7,9,11,13H,2,8,10,12H2,1H3,(H,19,23). The topological polar surface area (TPSA) is 69.0 Å². The van der Waals surface area contributed by atoms with Gasteiger partial charge in [-0.1, -0.05) is 12.1 Å². The first kappa shape index (κ1) is 17.2. The number of benzene rings is 1. The minimum Gasteiger partial charge on any atom is -0.494 e. The number of nitrogens with one attached hydrogen (secondary N) is 1. The van der Waals surface area contributed by atoms with Gasteiger partial charge in [0.2, 0.25) is 11.0 Å². The molecule has 1 aromatic carbocycles. The molecule has 0 spiro atoms. The Balaban J connectivity index is 1.43. The third-order valence-corrected chi connectivity index (χ3v) is 4.42. The Labute approximate surface area is 150 Å². The predicted molar refractivity (Wildman–Crippen MR) is 97.3 cm³/mol. The van der Waals surface area contributed by atoms with Crippen LogP contribution in [0.5, 0.6) is 5.75 Å². The summed E-state index contributed by atoms with van der Waals surface area (Å²) >= 11 is 1.54. The number of rotatable bonds is 8. The van der Waals surface area contributed by atoms with Crippen LogP contribution in [-0.4, -0.2) is 33.8 Å². The molecule has 0 saturated carbocycles. The number of thiazole rings is 1. The van der Waals surface area contributed by atoms with E-state index >= 15 is 0 Å². The van der Waals surface area contributed by atoms with Gasteiger partial charge >= 0.3 is 0 Å². The average molecular weight is 356 g/mol. The van der Waals surface area contributed by atoms with Crippen LogP contribution >= 0.6 is 11.3 Å². The summed E-state index contributed by atoms with van der Waals surface area (Å²) < 4.78 is 7.13. The Morgan fingerprint density at radius 3 is 2.88 bits per heavy atom. The largest absolute Gasteiger partial charge is 0.494 e. The van der Waals surface area contributed by atoms with E-state index in [4.69, 9.17) is 4.74 Å². The first-order valence-electron chi connectivity index (χ1n) is 8.17. The number of nitrogens with zero attached hydrogens (tertiary/aromatic N) is 3. The third-order valence-electron chi connectivity index (χ3n) is 3.54. The average Bonchev–Trinajstić information content (AvgIpc) is 3.28. The highest BCUT2D eigenvalue weighted by atomic mass is 32.1. The molecule has 1 N–H and O–H groups in total. The minimum atomic E-state index is 0.00619. The molecule has 0 radical (unpaired) electrons. The summed E-state index contributed by atoms with van der Waals surface area (Å²) in [4.78, 5) is 16.5. The molecule has 6 nitrogen and oxygen atoms in total. The molecule has 3 rings (SSSR count). The van der Waals surface area contributed by atoms with Gasteiger partial charge in [-0.2, -0.15) is 5.10 Å². The lowest BCUT2D eigenvalue weighted by Gasteiger charge is -2.06. The molecule has 0 unspecified atom stereocenters. The van der Waals surface area contributed by atoms with E-state index in [0.29, 0.717) is 26.0 Å². The van der Waals surface area contributed by atoms with E-state index in [2.05, 4.69) is 15.4 Å². The Hall–Kier alpha value is -2.67. The lowest BCUT2D eigenvalue weighted by atomic mass is 10.1. The summed E-state index contributed by atoms with van der Waals surface area (Å²) in [7, 11) is 0. The van der Waals surface area contributed by atoms with Crippen LogP contribution in [0.15, 0.2) is 48.1 Å².